The number of methoxy groups -OCH3 is 1. The molecule has 0 radical (unpaired) electrons. The zero-order valence-corrected chi connectivity index (χ0v) is 25.4. The molecule has 41 heavy (non-hydrogen) atoms. The highest BCUT2D eigenvalue weighted by molar-refractivity contribution is 9.13. The Morgan fingerprint density at radius 3 is 2.66 bits per heavy atom. The number of hydrogen-bond acceptors (Lipinski definition) is 6. The van der Waals surface area contributed by atoms with E-state index in [1.807, 2.05) is 18.2 Å². The average molecular weight is 686 g/mol. The number of nitrogens with zero attached hydrogens (tertiary/aromatic N) is 3. The van der Waals surface area contributed by atoms with Crippen LogP contribution in [0.3, 0.4) is 0 Å². The van der Waals surface area contributed by atoms with E-state index < -0.39 is 11.7 Å². The number of aromatic nitrogens is 2. The standard InChI is InChI=1S/C30H27Br2FN4O4/c1-40-24-14-19(26(31)27(32)28(24)41-17-25(38)35-21-11-7-10-20(33)15-21)16-34-37-29(18-8-3-2-4-9-18)36-23-13-6-5-12-22(23)30(37)39/h5-7,10-16,18H,2-4,8-9,17H2,1H3,(H,35,38). The average Bonchev–Trinajstić information content (AvgIpc) is 2.98. The molecule has 8 nitrogen and oxygen atoms in total. The third-order valence-corrected chi connectivity index (χ3v) is 9.04. The van der Waals surface area contributed by atoms with Gasteiger partial charge in [0.05, 0.1) is 28.7 Å². The number of carbonyl (C=O) groups is 1. The van der Waals surface area contributed by atoms with Gasteiger partial charge in [-0.1, -0.05) is 37.5 Å². The molecule has 1 aliphatic rings. The molecule has 0 bridgehead atoms. The van der Waals surface area contributed by atoms with Crippen molar-refractivity contribution in [2.24, 2.45) is 5.10 Å². The molecule has 0 saturated heterocycles. The molecule has 0 spiro atoms. The van der Waals surface area contributed by atoms with E-state index >= 15 is 0 Å². The Hall–Kier alpha value is -3.57. The number of halogens is 3. The van der Waals surface area contributed by atoms with Crippen molar-refractivity contribution in [3.05, 3.63) is 91.1 Å². The van der Waals surface area contributed by atoms with Gasteiger partial charge >= 0.3 is 0 Å². The fourth-order valence-corrected chi connectivity index (χ4v) is 5.82. The van der Waals surface area contributed by atoms with Crippen LogP contribution >= 0.6 is 31.9 Å². The Morgan fingerprint density at radius 2 is 1.90 bits per heavy atom. The van der Waals surface area contributed by atoms with Crippen LogP contribution in [0.1, 0.15) is 49.4 Å². The number of rotatable bonds is 8. The zero-order valence-electron chi connectivity index (χ0n) is 22.2. The summed E-state index contributed by atoms with van der Waals surface area (Å²) in [6.07, 6.45) is 6.86. The first-order valence-electron chi connectivity index (χ1n) is 13.2. The van der Waals surface area contributed by atoms with Crippen LogP contribution in [0.15, 0.2) is 73.4 Å². The van der Waals surface area contributed by atoms with Gasteiger partial charge < -0.3 is 14.8 Å². The molecule has 212 valence electrons. The summed E-state index contributed by atoms with van der Waals surface area (Å²) in [5.41, 5.74) is 1.38. The summed E-state index contributed by atoms with van der Waals surface area (Å²) in [5.74, 6) is 0.523. The van der Waals surface area contributed by atoms with Crippen molar-refractivity contribution < 1.29 is 18.7 Å². The zero-order chi connectivity index (χ0) is 28.9. The molecular weight excluding hydrogens is 659 g/mol. The number of benzene rings is 3. The maximum Gasteiger partial charge on any atom is 0.282 e. The third kappa shape index (κ3) is 6.51. The number of anilines is 1. The van der Waals surface area contributed by atoms with Crippen molar-refractivity contribution in [2.45, 2.75) is 38.0 Å². The molecular formula is C30H27Br2FN4O4. The lowest BCUT2D eigenvalue weighted by Crippen LogP contribution is -2.25. The van der Waals surface area contributed by atoms with Crippen LogP contribution in [0, 0.1) is 5.82 Å². The minimum atomic E-state index is -0.468. The monoisotopic (exact) mass is 684 g/mol. The lowest BCUT2D eigenvalue weighted by atomic mass is 9.88. The van der Waals surface area contributed by atoms with E-state index in [-0.39, 0.29) is 18.1 Å². The molecule has 1 aromatic heterocycles. The van der Waals surface area contributed by atoms with Crippen molar-refractivity contribution in [1.82, 2.24) is 9.66 Å². The summed E-state index contributed by atoms with van der Waals surface area (Å²) in [4.78, 5) is 30.8. The molecule has 0 aliphatic heterocycles. The Balaban J connectivity index is 1.44. The number of hydrogen-bond donors (Lipinski definition) is 1. The van der Waals surface area contributed by atoms with Gasteiger partial charge in [0.15, 0.2) is 18.1 Å². The van der Waals surface area contributed by atoms with Crippen molar-refractivity contribution in [1.29, 1.82) is 0 Å². The van der Waals surface area contributed by atoms with E-state index in [2.05, 4.69) is 42.3 Å². The number of amides is 1. The van der Waals surface area contributed by atoms with E-state index in [1.165, 1.54) is 36.4 Å². The number of ether oxygens (including phenoxy) is 2. The highest BCUT2D eigenvalue weighted by Crippen LogP contribution is 2.42. The topological polar surface area (TPSA) is 94.8 Å². The lowest BCUT2D eigenvalue weighted by Gasteiger charge is -2.22. The highest BCUT2D eigenvalue weighted by atomic mass is 79.9. The van der Waals surface area contributed by atoms with Crippen LogP contribution in [0.5, 0.6) is 11.5 Å². The summed E-state index contributed by atoms with van der Waals surface area (Å²) in [6.45, 7) is -0.339. The predicted molar refractivity (Wildman–Crippen MR) is 164 cm³/mol. The van der Waals surface area contributed by atoms with Gasteiger partial charge in [-0.3, -0.25) is 9.59 Å². The molecule has 1 aliphatic carbocycles. The van der Waals surface area contributed by atoms with E-state index in [0.717, 1.165) is 25.7 Å². The van der Waals surface area contributed by atoms with Crippen molar-refractivity contribution in [2.75, 3.05) is 19.0 Å². The third-order valence-electron chi connectivity index (χ3n) is 6.89. The van der Waals surface area contributed by atoms with Crippen LogP contribution in [0.2, 0.25) is 0 Å². The molecule has 3 aromatic carbocycles. The van der Waals surface area contributed by atoms with E-state index in [0.29, 0.717) is 48.4 Å². The molecule has 0 unspecified atom stereocenters. The van der Waals surface area contributed by atoms with Crippen LogP contribution in [-0.4, -0.2) is 35.5 Å². The van der Waals surface area contributed by atoms with Gasteiger partial charge in [-0.25, -0.2) is 9.37 Å². The summed E-state index contributed by atoms with van der Waals surface area (Å²) >= 11 is 7.10. The lowest BCUT2D eigenvalue weighted by molar-refractivity contribution is -0.118. The fourth-order valence-electron chi connectivity index (χ4n) is 4.88. The van der Waals surface area contributed by atoms with E-state index in [9.17, 15) is 14.0 Å². The normalized spacial score (nSPS) is 14.0. The summed E-state index contributed by atoms with van der Waals surface area (Å²) in [6, 6.07) is 14.6. The van der Waals surface area contributed by atoms with E-state index in [4.69, 9.17) is 14.5 Å². The van der Waals surface area contributed by atoms with Crippen LogP contribution in [0.25, 0.3) is 10.9 Å². The molecule has 4 aromatic rings. The molecule has 11 heteroatoms. The van der Waals surface area contributed by atoms with Gasteiger partial charge in [-0.05, 0) is 81.1 Å². The molecule has 5 rings (SSSR count). The van der Waals surface area contributed by atoms with Crippen LogP contribution < -0.4 is 20.3 Å². The van der Waals surface area contributed by atoms with Crippen LogP contribution in [-0.2, 0) is 4.79 Å². The Kier molecular flexibility index (Phi) is 9.14. The summed E-state index contributed by atoms with van der Waals surface area (Å²) in [7, 11) is 1.48. The number of nitrogens with one attached hydrogen (secondary N) is 1. The first-order valence-corrected chi connectivity index (χ1v) is 14.7. The smallest absolute Gasteiger partial charge is 0.282 e. The molecule has 1 fully saturated rings. The minimum absolute atomic E-state index is 0.150. The number of para-hydroxylation sites is 1. The van der Waals surface area contributed by atoms with Gasteiger partial charge in [-0.15, -0.1) is 0 Å². The molecule has 0 atom stereocenters. The number of carbonyl (C=O) groups excluding carboxylic acids is 1. The maximum atomic E-state index is 13.5. The summed E-state index contributed by atoms with van der Waals surface area (Å²) < 4.78 is 27.2. The minimum Gasteiger partial charge on any atom is -0.493 e. The van der Waals surface area contributed by atoms with Gasteiger partial charge in [0.1, 0.15) is 11.6 Å². The van der Waals surface area contributed by atoms with Gasteiger partial charge in [0.2, 0.25) is 0 Å². The molecule has 1 N–H and O–H groups in total. The van der Waals surface area contributed by atoms with E-state index in [1.54, 1.807) is 24.4 Å². The molecule has 1 heterocycles. The first-order chi connectivity index (χ1) is 19.9. The SMILES string of the molecule is COc1cc(C=Nn2c(C3CCCCC3)nc3ccccc3c2=O)c(Br)c(Br)c1OCC(=O)Nc1cccc(F)c1. The molecule has 1 saturated carbocycles. The van der Waals surface area contributed by atoms with Crippen LogP contribution in [0.4, 0.5) is 10.1 Å². The Labute approximate surface area is 252 Å². The second-order valence-electron chi connectivity index (χ2n) is 9.66. The summed E-state index contributed by atoms with van der Waals surface area (Å²) in [5, 5.41) is 7.71. The quantitative estimate of drug-likeness (QED) is 0.201. The Bertz CT molecular complexity index is 1690. The molecule has 1 amide bonds. The van der Waals surface area contributed by atoms with Crippen molar-refractivity contribution in [3.63, 3.8) is 0 Å². The largest absolute Gasteiger partial charge is 0.493 e. The highest BCUT2D eigenvalue weighted by Gasteiger charge is 2.23. The van der Waals surface area contributed by atoms with Gasteiger partial charge in [-0.2, -0.15) is 9.78 Å². The second-order valence-corrected chi connectivity index (χ2v) is 11.2. The van der Waals surface area contributed by atoms with Gasteiger partial charge in [0, 0.05) is 21.6 Å². The second kappa shape index (κ2) is 12.9. The predicted octanol–water partition coefficient (Wildman–Crippen LogP) is 7.02. The first kappa shape index (κ1) is 28.9. The Morgan fingerprint density at radius 1 is 1.12 bits per heavy atom. The van der Waals surface area contributed by atoms with Crippen molar-refractivity contribution >= 4 is 60.6 Å². The number of fused-ring (bicyclic) bond motifs is 1. The maximum absolute atomic E-state index is 13.5. The van der Waals surface area contributed by atoms with Crippen molar-refractivity contribution in [3.8, 4) is 11.5 Å². The fraction of sp³-hybridized carbons (Fsp3) is 0.267. The van der Waals surface area contributed by atoms with Gasteiger partial charge in [0.25, 0.3) is 11.5 Å².